The monoisotopic (exact) mass is 393 g/mol. The first-order valence-electron chi connectivity index (χ1n) is 9.10. The number of ether oxygens (including phenoxy) is 2. The van der Waals surface area contributed by atoms with Gasteiger partial charge in [-0.2, -0.15) is 4.98 Å². The Hall–Kier alpha value is -3.61. The molecule has 29 heavy (non-hydrogen) atoms. The molecule has 3 aromatic rings. The Labute approximate surface area is 168 Å². The smallest absolute Gasteiger partial charge is 0.254 e. The quantitative estimate of drug-likeness (QED) is 0.580. The topological polar surface area (TPSA) is 97.5 Å². The van der Waals surface area contributed by atoms with Crippen molar-refractivity contribution in [1.29, 1.82) is 0 Å². The molecule has 0 aliphatic carbocycles. The van der Waals surface area contributed by atoms with Crippen molar-refractivity contribution in [2.45, 2.75) is 19.8 Å². The van der Waals surface area contributed by atoms with Gasteiger partial charge in [-0.1, -0.05) is 36.3 Å². The van der Waals surface area contributed by atoms with Gasteiger partial charge in [0.1, 0.15) is 0 Å². The molecule has 0 unspecified atom stereocenters. The van der Waals surface area contributed by atoms with Crippen LogP contribution < -0.4 is 14.6 Å². The number of carbonyl (C=O) groups excluding carboxylic acids is 1. The van der Waals surface area contributed by atoms with Crippen molar-refractivity contribution in [2.24, 2.45) is 0 Å². The average molecular weight is 393 g/mol. The van der Waals surface area contributed by atoms with Crippen molar-refractivity contribution in [2.75, 3.05) is 14.2 Å². The summed E-state index contributed by atoms with van der Waals surface area (Å²) in [6, 6.07) is 13.0. The summed E-state index contributed by atoms with van der Waals surface area (Å²) in [6.45, 7) is 2.07. The zero-order chi connectivity index (χ0) is 20.8. The number of aliphatic carboxylic acids is 1. The summed E-state index contributed by atoms with van der Waals surface area (Å²) >= 11 is 0. The van der Waals surface area contributed by atoms with Crippen LogP contribution in [-0.4, -0.2) is 30.3 Å². The van der Waals surface area contributed by atoms with Crippen molar-refractivity contribution in [3.05, 3.63) is 59.5 Å². The molecule has 0 atom stereocenters. The maximum Gasteiger partial charge on any atom is 0.254 e. The van der Waals surface area contributed by atoms with E-state index in [4.69, 9.17) is 14.0 Å². The predicted octanol–water partition coefficient (Wildman–Crippen LogP) is 3.00. The van der Waals surface area contributed by atoms with Gasteiger partial charge in [0.05, 0.1) is 14.2 Å². The molecule has 0 spiro atoms. The van der Waals surface area contributed by atoms with Crippen molar-refractivity contribution in [3.63, 3.8) is 0 Å². The minimum Gasteiger partial charge on any atom is -0.550 e. The molecule has 1 heterocycles. The van der Waals surface area contributed by atoms with Gasteiger partial charge in [0.2, 0.25) is 5.82 Å². The highest BCUT2D eigenvalue weighted by Gasteiger charge is 2.15. The molecule has 0 bridgehead atoms. The van der Waals surface area contributed by atoms with E-state index in [2.05, 4.69) is 17.1 Å². The van der Waals surface area contributed by atoms with Crippen LogP contribution in [0.4, 0.5) is 0 Å². The molecule has 0 amide bonds. The van der Waals surface area contributed by atoms with Crippen LogP contribution in [0, 0.1) is 0 Å². The number of aromatic nitrogens is 2. The third kappa shape index (κ3) is 4.82. The van der Waals surface area contributed by atoms with Gasteiger partial charge < -0.3 is 23.9 Å². The summed E-state index contributed by atoms with van der Waals surface area (Å²) in [5, 5.41) is 15.2. The van der Waals surface area contributed by atoms with Crippen LogP contribution in [0.3, 0.4) is 0 Å². The number of hydrogen-bond donors (Lipinski definition) is 0. The normalized spacial score (nSPS) is 11.3. The number of methoxy groups -OCH3 is 2. The second-order valence-electron chi connectivity index (χ2n) is 6.31. The Morgan fingerprint density at radius 2 is 1.83 bits per heavy atom. The van der Waals surface area contributed by atoms with Crippen LogP contribution >= 0.6 is 0 Å². The van der Waals surface area contributed by atoms with Gasteiger partial charge >= 0.3 is 0 Å². The lowest BCUT2D eigenvalue weighted by atomic mass is 10.1. The Kier molecular flexibility index (Phi) is 6.29. The molecule has 3 rings (SSSR count). The Balaban J connectivity index is 1.95. The molecule has 0 N–H and O–H groups in total. The minimum absolute atomic E-state index is 0.124. The minimum atomic E-state index is -1.23. The predicted molar refractivity (Wildman–Crippen MR) is 106 cm³/mol. The first kappa shape index (κ1) is 20.1. The fourth-order valence-corrected chi connectivity index (χ4v) is 2.84. The number of rotatable bonds is 8. The number of nitrogens with zero attached hydrogens (tertiary/aromatic N) is 2. The van der Waals surface area contributed by atoms with E-state index in [9.17, 15) is 9.90 Å². The van der Waals surface area contributed by atoms with Crippen LogP contribution in [0.15, 0.2) is 47.0 Å². The molecule has 150 valence electrons. The van der Waals surface area contributed by atoms with E-state index >= 15 is 0 Å². The van der Waals surface area contributed by atoms with Crippen LogP contribution in [-0.2, 0) is 11.2 Å². The first-order valence-corrected chi connectivity index (χ1v) is 9.10. The molecule has 7 nitrogen and oxygen atoms in total. The van der Waals surface area contributed by atoms with E-state index in [1.807, 2.05) is 24.3 Å². The number of aryl methyl sites for hydroxylation is 1. The van der Waals surface area contributed by atoms with Crippen molar-refractivity contribution >= 4 is 17.6 Å². The molecule has 1 aromatic heterocycles. The summed E-state index contributed by atoms with van der Waals surface area (Å²) < 4.78 is 15.9. The molecule has 2 aromatic carbocycles. The third-order valence-electron chi connectivity index (χ3n) is 4.41. The van der Waals surface area contributed by atoms with E-state index < -0.39 is 5.97 Å². The number of carboxylic acids is 1. The van der Waals surface area contributed by atoms with Crippen LogP contribution in [0.2, 0.25) is 0 Å². The summed E-state index contributed by atoms with van der Waals surface area (Å²) in [5.41, 5.74) is 3.05. The van der Waals surface area contributed by atoms with Gasteiger partial charge in [-0.25, -0.2) is 0 Å². The fourth-order valence-electron chi connectivity index (χ4n) is 2.84. The maximum atomic E-state index is 11.2. The van der Waals surface area contributed by atoms with Gasteiger partial charge in [-0.05, 0) is 41.8 Å². The van der Waals surface area contributed by atoms with Gasteiger partial charge in [-0.15, -0.1) is 0 Å². The lowest BCUT2D eigenvalue weighted by molar-refractivity contribution is -0.304. The van der Waals surface area contributed by atoms with Gasteiger partial charge in [0.25, 0.3) is 5.89 Å². The lowest BCUT2D eigenvalue weighted by Gasteiger charge is -2.07. The molecular formula is C22H21N2O5-. The SMILES string of the molecule is CCc1ccc(/C=C(\CC(=O)[O-])c2nc(-c3ccc(OC)c(OC)c3)no2)cc1. The first-order chi connectivity index (χ1) is 14.0. The summed E-state index contributed by atoms with van der Waals surface area (Å²) in [5.74, 6) is 0.309. The Bertz CT molecular complexity index is 1020. The molecule has 0 radical (unpaired) electrons. The molecular weight excluding hydrogens is 372 g/mol. The third-order valence-corrected chi connectivity index (χ3v) is 4.41. The maximum absolute atomic E-state index is 11.2. The van der Waals surface area contributed by atoms with Gasteiger partial charge in [0, 0.05) is 23.5 Å². The van der Waals surface area contributed by atoms with E-state index in [1.165, 1.54) is 12.7 Å². The number of carbonyl (C=O) groups is 1. The van der Waals surface area contributed by atoms with E-state index in [0.29, 0.717) is 28.5 Å². The largest absolute Gasteiger partial charge is 0.550 e. The molecule has 0 saturated carbocycles. The highest BCUT2D eigenvalue weighted by molar-refractivity contribution is 5.88. The Morgan fingerprint density at radius 1 is 1.10 bits per heavy atom. The van der Waals surface area contributed by atoms with Gasteiger partial charge in [-0.3, -0.25) is 0 Å². The van der Waals surface area contributed by atoms with E-state index in [-0.39, 0.29) is 12.3 Å². The summed E-state index contributed by atoms with van der Waals surface area (Å²) in [4.78, 5) is 15.6. The van der Waals surface area contributed by atoms with E-state index in [1.54, 1.807) is 31.4 Å². The van der Waals surface area contributed by atoms with Crippen LogP contribution in [0.25, 0.3) is 23.0 Å². The molecule has 0 saturated heterocycles. The van der Waals surface area contributed by atoms with Crippen molar-refractivity contribution in [3.8, 4) is 22.9 Å². The van der Waals surface area contributed by atoms with E-state index in [0.717, 1.165) is 12.0 Å². The highest BCUT2D eigenvalue weighted by Crippen LogP contribution is 2.32. The zero-order valence-corrected chi connectivity index (χ0v) is 16.5. The standard InChI is InChI=1S/C22H22N2O5/c1-4-14-5-7-15(8-6-14)11-17(13-20(25)26)22-23-21(24-29-22)16-9-10-18(27-2)19(12-16)28-3/h5-12H,4,13H2,1-3H3,(H,25,26)/p-1/b17-11+. The second-order valence-corrected chi connectivity index (χ2v) is 6.31. The molecule has 0 fully saturated rings. The zero-order valence-electron chi connectivity index (χ0n) is 16.5. The fraction of sp³-hybridized carbons (Fsp3) is 0.227. The number of hydrogen-bond acceptors (Lipinski definition) is 7. The lowest BCUT2D eigenvalue weighted by Crippen LogP contribution is -2.22. The Morgan fingerprint density at radius 3 is 2.45 bits per heavy atom. The molecule has 0 aliphatic heterocycles. The van der Waals surface area contributed by atoms with Crippen LogP contribution in [0.5, 0.6) is 11.5 Å². The summed E-state index contributed by atoms with van der Waals surface area (Å²) in [6.07, 6.45) is 2.29. The van der Waals surface area contributed by atoms with Crippen LogP contribution in [0.1, 0.15) is 30.4 Å². The highest BCUT2D eigenvalue weighted by atomic mass is 16.5. The molecule has 0 aliphatic rings. The second kappa shape index (κ2) is 9.05. The summed E-state index contributed by atoms with van der Waals surface area (Å²) in [7, 11) is 3.09. The number of benzene rings is 2. The van der Waals surface area contributed by atoms with Crippen molar-refractivity contribution < 1.29 is 23.9 Å². The average Bonchev–Trinajstić information content (AvgIpc) is 3.23. The van der Waals surface area contributed by atoms with Crippen molar-refractivity contribution in [1.82, 2.24) is 10.1 Å². The molecule has 7 heteroatoms. The van der Waals surface area contributed by atoms with Gasteiger partial charge in [0.15, 0.2) is 11.5 Å². The number of carboxylic acid groups (broad SMARTS) is 1.